The Balaban J connectivity index is 1.79. The molecule has 0 radical (unpaired) electrons. The van der Waals surface area contributed by atoms with Crippen LogP contribution < -0.4 is 10.2 Å². The fourth-order valence-corrected chi connectivity index (χ4v) is 6.14. The molecule has 2 atom stereocenters. The Labute approximate surface area is 220 Å². The Kier molecular flexibility index (Phi) is 9.13. The van der Waals surface area contributed by atoms with Crippen molar-refractivity contribution in [2.24, 2.45) is 0 Å². The molecule has 36 heavy (non-hydrogen) atoms. The summed E-state index contributed by atoms with van der Waals surface area (Å²) in [6.07, 6.45) is 4.82. The van der Waals surface area contributed by atoms with Gasteiger partial charge in [0.1, 0.15) is 11.9 Å². The average molecular weight is 553 g/mol. The Morgan fingerprint density at radius 3 is 2.31 bits per heavy atom. The molecule has 1 amide bonds. The van der Waals surface area contributed by atoms with E-state index in [-0.39, 0.29) is 27.9 Å². The molecule has 0 bridgehead atoms. The molecule has 1 saturated heterocycles. The zero-order valence-corrected chi connectivity index (χ0v) is 21.6. The van der Waals surface area contributed by atoms with E-state index in [9.17, 15) is 23.1 Å². The van der Waals surface area contributed by atoms with Crippen LogP contribution in [0.15, 0.2) is 66.7 Å². The van der Waals surface area contributed by atoms with Gasteiger partial charge in [-0.05, 0) is 36.2 Å². The minimum Gasteiger partial charge on any atom is -0.481 e. The topological polar surface area (TPSA) is 120 Å². The molecule has 192 valence electrons. The maximum absolute atomic E-state index is 13.1. The van der Waals surface area contributed by atoms with Crippen molar-refractivity contribution in [3.05, 3.63) is 77.4 Å². The van der Waals surface area contributed by atoms with Gasteiger partial charge in [-0.25, -0.2) is 13.4 Å². The van der Waals surface area contributed by atoms with Crippen molar-refractivity contribution >= 4 is 50.9 Å². The molecule has 12 heteroatoms. The fourth-order valence-electron chi connectivity index (χ4n) is 3.78. The lowest BCUT2D eigenvalue weighted by Gasteiger charge is -2.39. The van der Waals surface area contributed by atoms with Crippen LogP contribution in [0.5, 0.6) is 0 Å². The molecular formula is C24H26Cl2N4O5S. The quantitative estimate of drug-likeness (QED) is 0.385. The van der Waals surface area contributed by atoms with Gasteiger partial charge in [0.05, 0.1) is 17.4 Å². The van der Waals surface area contributed by atoms with Crippen LogP contribution in [0.3, 0.4) is 0 Å². The number of amides is 1. The largest absolute Gasteiger partial charge is 0.481 e. The lowest BCUT2D eigenvalue weighted by atomic mass is 10.0. The molecule has 0 aliphatic carbocycles. The lowest BCUT2D eigenvalue weighted by molar-refractivity contribution is -0.138. The molecule has 1 fully saturated rings. The number of carbonyl (C=O) groups is 2. The number of sulfonamides is 1. The average Bonchev–Trinajstić information content (AvgIpc) is 2.76. The molecule has 1 aliphatic heterocycles. The first-order valence-corrected chi connectivity index (χ1v) is 13.2. The Morgan fingerprint density at radius 2 is 1.83 bits per heavy atom. The summed E-state index contributed by atoms with van der Waals surface area (Å²) in [6.45, 7) is 8.66. The van der Waals surface area contributed by atoms with E-state index in [1.807, 2.05) is 4.90 Å². The summed E-state index contributed by atoms with van der Waals surface area (Å²) < 4.78 is 27.2. The van der Waals surface area contributed by atoms with Crippen molar-refractivity contribution < 1.29 is 23.1 Å². The molecule has 3 rings (SSSR count). The normalized spacial score (nSPS) is 16.4. The van der Waals surface area contributed by atoms with Gasteiger partial charge in [0.25, 0.3) is 0 Å². The molecule has 1 aromatic carbocycles. The number of anilines is 1. The van der Waals surface area contributed by atoms with Crippen LogP contribution >= 0.6 is 23.2 Å². The Morgan fingerprint density at radius 1 is 1.19 bits per heavy atom. The number of carbonyl (C=O) groups excluding carboxylic acids is 1. The second kappa shape index (κ2) is 11.9. The predicted molar refractivity (Wildman–Crippen MR) is 139 cm³/mol. The zero-order valence-electron chi connectivity index (χ0n) is 19.3. The third kappa shape index (κ3) is 6.44. The van der Waals surface area contributed by atoms with Crippen LogP contribution in [0.1, 0.15) is 24.4 Å². The SMILES string of the molecule is C=CCN(CC=C)c1ccc([C@@H](CC(=O)O)NC(=O)[C@@H]2CCN2S(=O)(=O)c2cc(Cl)cc(Cl)c2)cn1. The number of rotatable bonds is 12. The van der Waals surface area contributed by atoms with E-state index in [2.05, 4.69) is 23.5 Å². The number of halogens is 2. The maximum Gasteiger partial charge on any atom is 0.305 e. The summed E-state index contributed by atoms with van der Waals surface area (Å²) in [6, 6.07) is 5.43. The highest BCUT2D eigenvalue weighted by atomic mass is 35.5. The first-order valence-electron chi connectivity index (χ1n) is 11.0. The van der Waals surface area contributed by atoms with Gasteiger partial charge in [0, 0.05) is 35.9 Å². The summed E-state index contributed by atoms with van der Waals surface area (Å²) in [5.74, 6) is -1.10. The van der Waals surface area contributed by atoms with Gasteiger partial charge in [0.15, 0.2) is 0 Å². The summed E-state index contributed by atoms with van der Waals surface area (Å²) in [7, 11) is -4.04. The standard InChI is InChI=1S/C24H26Cl2N4O5S/c1-3-8-29(9-4-2)22-6-5-16(15-27-22)20(14-23(31)32)28-24(33)21-7-10-30(21)36(34,35)19-12-17(25)11-18(26)13-19/h3-6,11-13,15,20-21H,1-2,7-10,14H2,(H,28,33)(H,31,32)/t20-,21+/m1/s1. The van der Waals surface area contributed by atoms with Crippen LogP contribution in [-0.2, 0) is 19.6 Å². The van der Waals surface area contributed by atoms with E-state index in [1.54, 1.807) is 24.3 Å². The van der Waals surface area contributed by atoms with Crippen molar-refractivity contribution in [2.75, 3.05) is 24.5 Å². The summed E-state index contributed by atoms with van der Waals surface area (Å²) in [5.41, 5.74) is 0.474. The first kappa shape index (κ1) is 27.7. The van der Waals surface area contributed by atoms with E-state index in [1.165, 1.54) is 24.4 Å². The number of pyridine rings is 1. The highest BCUT2D eigenvalue weighted by Crippen LogP contribution is 2.31. The third-order valence-electron chi connectivity index (χ3n) is 5.61. The van der Waals surface area contributed by atoms with E-state index in [0.717, 1.165) is 4.31 Å². The number of nitrogens with one attached hydrogen (secondary N) is 1. The first-order chi connectivity index (χ1) is 17.1. The minimum atomic E-state index is -4.04. The highest BCUT2D eigenvalue weighted by molar-refractivity contribution is 7.89. The number of carboxylic acids is 1. The number of aromatic nitrogens is 1. The zero-order chi connectivity index (χ0) is 26.5. The molecule has 2 heterocycles. The second-order valence-electron chi connectivity index (χ2n) is 8.12. The molecule has 2 aromatic rings. The van der Waals surface area contributed by atoms with E-state index in [4.69, 9.17) is 23.2 Å². The molecule has 0 unspecified atom stereocenters. The highest BCUT2D eigenvalue weighted by Gasteiger charge is 2.43. The van der Waals surface area contributed by atoms with Gasteiger partial charge >= 0.3 is 5.97 Å². The minimum absolute atomic E-state index is 0.122. The van der Waals surface area contributed by atoms with Crippen LogP contribution in [0, 0.1) is 0 Å². The predicted octanol–water partition coefficient (Wildman–Crippen LogP) is 3.66. The van der Waals surface area contributed by atoms with Crippen molar-refractivity contribution in [1.82, 2.24) is 14.6 Å². The van der Waals surface area contributed by atoms with E-state index >= 15 is 0 Å². The van der Waals surface area contributed by atoms with Gasteiger partial charge in [-0.2, -0.15) is 4.31 Å². The van der Waals surface area contributed by atoms with E-state index < -0.39 is 40.4 Å². The monoisotopic (exact) mass is 552 g/mol. The van der Waals surface area contributed by atoms with Crippen LogP contribution in [0.4, 0.5) is 5.82 Å². The molecule has 0 saturated carbocycles. The number of hydrogen-bond donors (Lipinski definition) is 2. The van der Waals surface area contributed by atoms with Gasteiger partial charge in [-0.1, -0.05) is 41.4 Å². The molecule has 0 spiro atoms. The molecule has 2 N–H and O–H groups in total. The van der Waals surface area contributed by atoms with Crippen molar-refractivity contribution in [3.8, 4) is 0 Å². The smallest absolute Gasteiger partial charge is 0.305 e. The second-order valence-corrected chi connectivity index (χ2v) is 10.9. The molecule has 1 aromatic heterocycles. The van der Waals surface area contributed by atoms with Crippen molar-refractivity contribution in [2.45, 2.75) is 29.8 Å². The Hall–Kier alpha value is -2.92. The van der Waals surface area contributed by atoms with Gasteiger partial charge in [0.2, 0.25) is 15.9 Å². The van der Waals surface area contributed by atoms with Crippen molar-refractivity contribution in [3.63, 3.8) is 0 Å². The maximum atomic E-state index is 13.1. The number of nitrogens with zero attached hydrogens (tertiary/aromatic N) is 3. The lowest BCUT2D eigenvalue weighted by Crippen LogP contribution is -2.58. The summed E-state index contributed by atoms with van der Waals surface area (Å²) >= 11 is 11.9. The number of hydrogen-bond acceptors (Lipinski definition) is 6. The Bertz CT molecular complexity index is 1220. The molecular weight excluding hydrogens is 527 g/mol. The third-order valence-corrected chi connectivity index (χ3v) is 7.93. The van der Waals surface area contributed by atoms with Crippen LogP contribution in [0.2, 0.25) is 10.0 Å². The molecule has 1 aliphatic rings. The van der Waals surface area contributed by atoms with E-state index in [0.29, 0.717) is 24.5 Å². The van der Waals surface area contributed by atoms with Gasteiger partial charge in [-0.15, -0.1) is 13.2 Å². The summed E-state index contributed by atoms with van der Waals surface area (Å²) in [4.78, 5) is 30.7. The van der Waals surface area contributed by atoms with Crippen LogP contribution in [0.25, 0.3) is 0 Å². The number of carboxylic acid groups (broad SMARTS) is 1. The van der Waals surface area contributed by atoms with Crippen molar-refractivity contribution in [1.29, 1.82) is 0 Å². The summed E-state index contributed by atoms with van der Waals surface area (Å²) in [5, 5.41) is 12.4. The van der Waals surface area contributed by atoms with Crippen LogP contribution in [-0.4, -0.2) is 60.4 Å². The molecule has 9 nitrogen and oxygen atoms in total. The number of benzene rings is 1. The van der Waals surface area contributed by atoms with Gasteiger partial charge < -0.3 is 15.3 Å². The fraction of sp³-hybridized carbons (Fsp3) is 0.292. The number of aliphatic carboxylic acids is 1. The van der Waals surface area contributed by atoms with Gasteiger partial charge in [-0.3, -0.25) is 9.59 Å².